The molecular formula is C19H18BrN5O2S. The molecule has 144 valence electrons. The Morgan fingerprint density at radius 3 is 3.00 bits per heavy atom. The lowest BCUT2D eigenvalue weighted by Crippen LogP contribution is -2.32. The van der Waals surface area contributed by atoms with Crippen molar-refractivity contribution in [2.24, 2.45) is 11.0 Å². The summed E-state index contributed by atoms with van der Waals surface area (Å²) in [6.45, 7) is 2.00. The third kappa shape index (κ3) is 3.90. The van der Waals surface area contributed by atoms with Gasteiger partial charge in [0.15, 0.2) is 4.83 Å². The van der Waals surface area contributed by atoms with Gasteiger partial charge in [-0.05, 0) is 48.4 Å². The highest BCUT2D eigenvalue weighted by Crippen LogP contribution is 2.35. The standard InChI is InChI=1S/C19H18BrN5O2S/c1-11-2-7-14-15(8-11)28-18-17(14)19(27)25(24-23-18)10-16(26)22-21-9-12-3-5-13(20)6-4-12/h3-6,9,11H,2,7-8,10H2,1H3,(H,22,26)/b21-9-. The molecule has 0 saturated heterocycles. The van der Waals surface area contributed by atoms with Crippen LogP contribution in [-0.4, -0.2) is 27.1 Å². The molecule has 7 nitrogen and oxygen atoms in total. The number of thiophene rings is 1. The van der Waals surface area contributed by atoms with Crippen LogP contribution in [0.5, 0.6) is 0 Å². The minimum absolute atomic E-state index is 0.222. The first-order valence-corrected chi connectivity index (χ1v) is 10.6. The number of amides is 1. The van der Waals surface area contributed by atoms with Gasteiger partial charge in [0.1, 0.15) is 6.54 Å². The Kier molecular flexibility index (Phi) is 5.36. The fourth-order valence-corrected chi connectivity index (χ4v) is 4.88. The SMILES string of the molecule is CC1CCc2c(sc3nnn(CC(=O)N/N=C\c4ccc(Br)cc4)c(=O)c23)C1. The Balaban J connectivity index is 1.50. The second-order valence-electron chi connectivity index (χ2n) is 6.93. The van der Waals surface area contributed by atoms with E-state index >= 15 is 0 Å². The Bertz CT molecular complexity index is 1120. The van der Waals surface area contributed by atoms with Crippen molar-refractivity contribution in [3.05, 3.63) is 55.1 Å². The second kappa shape index (κ2) is 7.92. The predicted octanol–water partition coefficient (Wildman–Crippen LogP) is 2.89. The number of hydrogen-bond acceptors (Lipinski definition) is 6. The van der Waals surface area contributed by atoms with Gasteiger partial charge in [-0.25, -0.2) is 10.1 Å². The molecule has 3 aromatic rings. The Morgan fingerprint density at radius 1 is 1.43 bits per heavy atom. The van der Waals surface area contributed by atoms with E-state index in [0.29, 0.717) is 16.1 Å². The molecule has 1 aliphatic carbocycles. The molecule has 2 heterocycles. The van der Waals surface area contributed by atoms with E-state index in [9.17, 15) is 9.59 Å². The maximum atomic E-state index is 12.8. The fourth-order valence-electron chi connectivity index (χ4n) is 3.29. The second-order valence-corrected chi connectivity index (χ2v) is 8.93. The third-order valence-electron chi connectivity index (χ3n) is 4.75. The van der Waals surface area contributed by atoms with Gasteiger partial charge in [0.05, 0.1) is 11.6 Å². The molecule has 0 radical (unpaired) electrons. The van der Waals surface area contributed by atoms with Crippen molar-refractivity contribution in [3.8, 4) is 0 Å². The minimum atomic E-state index is -0.429. The van der Waals surface area contributed by atoms with Crippen LogP contribution < -0.4 is 11.0 Å². The van der Waals surface area contributed by atoms with E-state index in [-0.39, 0.29) is 12.1 Å². The molecule has 2 aromatic heterocycles. The first kappa shape index (κ1) is 18.9. The summed E-state index contributed by atoms with van der Waals surface area (Å²) in [6, 6.07) is 7.50. The number of rotatable bonds is 4. The third-order valence-corrected chi connectivity index (χ3v) is 6.42. The zero-order valence-corrected chi connectivity index (χ0v) is 17.6. The van der Waals surface area contributed by atoms with Crippen LogP contribution in [0.1, 0.15) is 29.3 Å². The summed E-state index contributed by atoms with van der Waals surface area (Å²) >= 11 is 4.91. The van der Waals surface area contributed by atoms with E-state index in [1.54, 1.807) is 17.6 Å². The fraction of sp³-hybridized carbons (Fsp3) is 0.316. The number of aromatic nitrogens is 3. The average molecular weight is 460 g/mol. The van der Waals surface area contributed by atoms with E-state index in [1.165, 1.54) is 4.88 Å². The van der Waals surface area contributed by atoms with Gasteiger partial charge in [0.25, 0.3) is 11.5 Å². The van der Waals surface area contributed by atoms with Gasteiger partial charge in [-0.15, -0.1) is 16.4 Å². The molecule has 1 unspecified atom stereocenters. The summed E-state index contributed by atoms with van der Waals surface area (Å²) in [6.07, 6.45) is 4.45. The highest BCUT2D eigenvalue weighted by atomic mass is 79.9. The highest BCUT2D eigenvalue weighted by molar-refractivity contribution is 9.10. The molecule has 1 aliphatic rings. The first-order chi connectivity index (χ1) is 13.5. The van der Waals surface area contributed by atoms with Crippen LogP contribution in [0, 0.1) is 5.92 Å². The van der Waals surface area contributed by atoms with Gasteiger partial charge < -0.3 is 0 Å². The number of carbonyl (C=O) groups excluding carboxylic acids is 1. The van der Waals surface area contributed by atoms with Gasteiger partial charge >= 0.3 is 0 Å². The van der Waals surface area contributed by atoms with Crippen molar-refractivity contribution >= 4 is 49.6 Å². The normalized spacial score (nSPS) is 16.4. The van der Waals surface area contributed by atoms with Gasteiger partial charge in [-0.3, -0.25) is 9.59 Å². The molecule has 0 aliphatic heterocycles. The highest BCUT2D eigenvalue weighted by Gasteiger charge is 2.24. The predicted molar refractivity (Wildman–Crippen MR) is 113 cm³/mol. The lowest BCUT2D eigenvalue weighted by atomic mass is 9.89. The zero-order valence-electron chi connectivity index (χ0n) is 15.2. The van der Waals surface area contributed by atoms with Gasteiger partial charge in [-0.2, -0.15) is 5.10 Å². The quantitative estimate of drug-likeness (QED) is 0.479. The molecule has 1 aromatic carbocycles. The molecule has 0 bridgehead atoms. The van der Waals surface area contributed by atoms with Crippen LogP contribution >= 0.6 is 27.3 Å². The largest absolute Gasteiger partial charge is 0.279 e. The number of carbonyl (C=O) groups is 1. The number of nitrogens with zero attached hydrogens (tertiary/aromatic N) is 4. The minimum Gasteiger partial charge on any atom is -0.271 e. The molecule has 28 heavy (non-hydrogen) atoms. The average Bonchev–Trinajstić information content (AvgIpc) is 3.04. The van der Waals surface area contributed by atoms with Gasteiger partial charge in [0.2, 0.25) is 0 Å². The van der Waals surface area contributed by atoms with Gasteiger partial charge in [-0.1, -0.05) is 40.2 Å². The van der Waals surface area contributed by atoms with E-state index in [0.717, 1.165) is 39.5 Å². The maximum absolute atomic E-state index is 12.8. The van der Waals surface area contributed by atoms with Gasteiger partial charge in [0, 0.05) is 9.35 Å². The van der Waals surface area contributed by atoms with Crippen molar-refractivity contribution in [1.29, 1.82) is 0 Å². The molecular weight excluding hydrogens is 442 g/mol. The maximum Gasteiger partial charge on any atom is 0.279 e. The zero-order chi connectivity index (χ0) is 19.7. The molecule has 4 rings (SSSR count). The number of benzene rings is 1. The molecule has 1 amide bonds. The summed E-state index contributed by atoms with van der Waals surface area (Å²) < 4.78 is 2.07. The molecule has 1 atom stereocenters. The Hall–Kier alpha value is -2.39. The van der Waals surface area contributed by atoms with E-state index < -0.39 is 5.91 Å². The van der Waals surface area contributed by atoms with Crippen LogP contribution in [0.4, 0.5) is 0 Å². The van der Waals surface area contributed by atoms with Crippen LogP contribution in [0.2, 0.25) is 0 Å². The number of hydrogen-bond donors (Lipinski definition) is 1. The van der Waals surface area contributed by atoms with Crippen molar-refractivity contribution in [2.45, 2.75) is 32.7 Å². The summed E-state index contributed by atoms with van der Waals surface area (Å²) in [5.41, 5.74) is 4.10. The first-order valence-electron chi connectivity index (χ1n) is 8.97. The molecule has 0 saturated carbocycles. The monoisotopic (exact) mass is 459 g/mol. The molecule has 9 heteroatoms. The van der Waals surface area contributed by atoms with Crippen LogP contribution in [0.3, 0.4) is 0 Å². The van der Waals surface area contributed by atoms with Crippen molar-refractivity contribution < 1.29 is 4.79 Å². The van der Waals surface area contributed by atoms with Crippen molar-refractivity contribution in [2.75, 3.05) is 0 Å². The summed E-state index contributed by atoms with van der Waals surface area (Å²) in [5, 5.41) is 12.6. The van der Waals surface area contributed by atoms with Crippen LogP contribution in [-0.2, 0) is 24.2 Å². The number of hydrazone groups is 1. The van der Waals surface area contributed by atoms with Crippen molar-refractivity contribution in [3.63, 3.8) is 0 Å². The lowest BCUT2D eigenvalue weighted by Gasteiger charge is -2.17. The Labute approximate surface area is 173 Å². The Morgan fingerprint density at radius 2 is 2.21 bits per heavy atom. The molecule has 0 fully saturated rings. The van der Waals surface area contributed by atoms with Crippen LogP contribution in [0.25, 0.3) is 10.2 Å². The molecule has 1 N–H and O–H groups in total. The van der Waals surface area contributed by atoms with E-state index in [2.05, 4.69) is 43.7 Å². The topological polar surface area (TPSA) is 89.2 Å². The summed E-state index contributed by atoms with van der Waals surface area (Å²) in [5.74, 6) is 0.187. The smallest absolute Gasteiger partial charge is 0.271 e. The van der Waals surface area contributed by atoms with Crippen LogP contribution in [0.15, 0.2) is 38.6 Å². The number of fused-ring (bicyclic) bond motifs is 3. The number of halogens is 1. The summed E-state index contributed by atoms with van der Waals surface area (Å²) in [4.78, 5) is 26.9. The van der Waals surface area contributed by atoms with Crippen molar-refractivity contribution in [1.82, 2.24) is 20.4 Å². The number of aryl methyl sites for hydroxylation is 1. The number of nitrogens with one attached hydrogen (secondary N) is 1. The summed E-state index contributed by atoms with van der Waals surface area (Å²) in [7, 11) is 0. The molecule has 0 spiro atoms. The van der Waals surface area contributed by atoms with E-state index in [4.69, 9.17) is 0 Å². The lowest BCUT2D eigenvalue weighted by molar-refractivity contribution is -0.121. The van der Waals surface area contributed by atoms with E-state index in [1.807, 2.05) is 24.3 Å².